The van der Waals surface area contributed by atoms with E-state index in [1.54, 1.807) is 0 Å². The van der Waals surface area contributed by atoms with E-state index in [2.05, 4.69) is 26.8 Å². The second kappa shape index (κ2) is 5.68. The molecule has 114 valence electrons. The van der Waals surface area contributed by atoms with Gasteiger partial charge in [-0.1, -0.05) is 46.5 Å². The zero-order chi connectivity index (χ0) is 14.9. The molecule has 0 aromatic carbocycles. The zero-order valence-electron chi connectivity index (χ0n) is 13.5. The van der Waals surface area contributed by atoms with Crippen LogP contribution in [0.2, 0.25) is 0 Å². The van der Waals surface area contributed by atoms with Gasteiger partial charge >= 0.3 is 0 Å². The summed E-state index contributed by atoms with van der Waals surface area (Å²) in [5.74, 6) is 0.685. The van der Waals surface area contributed by atoms with Crippen molar-refractivity contribution in [3.8, 4) is 6.07 Å². The minimum atomic E-state index is -0.728. The molecule has 0 aliphatic heterocycles. The molecule has 2 aliphatic carbocycles. The van der Waals surface area contributed by atoms with Crippen LogP contribution >= 0.6 is 0 Å². The van der Waals surface area contributed by atoms with Crippen LogP contribution in [0.4, 0.5) is 0 Å². The first-order chi connectivity index (χ1) is 9.33. The number of rotatable bonds is 1. The zero-order valence-corrected chi connectivity index (χ0v) is 13.5. The van der Waals surface area contributed by atoms with E-state index >= 15 is 0 Å². The third kappa shape index (κ3) is 2.89. The number of hydrogen-bond acceptors (Lipinski definition) is 2. The topological polar surface area (TPSA) is 44.0 Å². The predicted molar refractivity (Wildman–Crippen MR) is 82.1 cm³/mol. The lowest BCUT2D eigenvalue weighted by atomic mass is 9.58. The fourth-order valence-corrected chi connectivity index (χ4v) is 4.45. The fourth-order valence-electron chi connectivity index (χ4n) is 4.45. The van der Waals surface area contributed by atoms with Crippen molar-refractivity contribution in [3.05, 3.63) is 0 Å². The van der Waals surface area contributed by atoms with Crippen molar-refractivity contribution in [1.29, 1.82) is 5.26 Å². The molecular weight excluding hydrogens is 246 g/mol. The predicted octanol–water partition coefficient (Wildman–Crippen LogP) is 4.82. The molecule has 0 unspecified atom stereocenters. The summed E-state index contributed by atoms with van der Waals surface area (Å²) in [4.78, 5) is 0. The largest absolute Gasteiger partial charge is 0.388 e. The molecule has 2 saturated carbocycles. The van der Waals surface area contributed by atoms with Crippen molar-refractivity contribution in [2.75, 3.05) is 0 Å². The van der Waals surface area contributed by atoms with Gasteiger partial charge in [0.25, 0.3) is 0 Å². The molecule has 0 amide bonds. The van der Waals surface area contributed by atoms with Crippen molar-refractivity contribution in [3.63, 3.8) is 0 Å². The molecule has 0 aromatic rings. The Balaban J connectivity index is 2.13. The summed E-state index contributed by atoms with van der Waals surface area (Å²) in [5, 5.41) is 21.0. The van der Waals surface area contributed by atoms with Crippen molar-refractivity contribution in [1.82, 2.24) is 0 Å². The molecule has 2 heteroatoms. The summed E-state index contributed by atoms with van der Waals surface area (Å²) in [6.45, 7) is 6.90. The van der Waals surface area contributed by atoms with Gasteiger partial charge in [0.15, 0.2) is 0 Å². The van der Waals surface area contributed by atoms with E-state index in [1.807, 2.05) is 0 Å². The standard InChI is InChI=1S/C18H31NO/c1-16(2,3)15-8-12-18(20,13-9-15)17(14-19)10-6-4-5-7-11-17/h15,20H,4-13H2,1-3H3. The van der Waals surface area contributed by atoms with Crippen LogP contribution < -0.4 is 0 Å². The first-order valence-electron chi connectivity index (χ1n) is 8.47. The van der Waals surface area contributed by atoms with Gasteiger partial charge in [0.1, 0.15) is 0 Å². The van der Waals surface area contributed by atoms with Crippen LogP contribution in [0.3, 0.4) is 0 Å². The van der Waals surface area contributed by atoms with Crippen LogP contribution in [-0.4, -0.2) is 10.7 Å². The van der Waals surface area contributed by atoms with Crippen LogP contribution in [0.25, 0.3) is 0 Å². The quantitative estimate of drug-likeness (QED) is 0.698. The van der Waals surface area contributed by atoms with Crippen molar-refractivity contribution in [2.45, 2.75) is 90.6 Å². The number of nitriles is 1. The summed E-state index contributed by atoms with van der Waals surface area (Å²) >= 11 is 0. The normalized spacial score (nSPS) is 35.0. The van der Waals surface area contributed by atoms with E-state index in [9.17, 15) is 10.4 Å². The minimum absolute atomic E-state index is 0.324. The molecule has 0 radical (unpaired) electrons. The second-order valence-electron chi connectivity index (χ2n) is 8.28. The van der Waals surface area contributed by atoms with E-state index in [1.165, 1.54) is 12.8 Å². The Hall–Kier alpha value is -0.550. The molecule has 2 aliphatic rings. The van der Waals surface area contributed by atoms with Crippen LogP contribution in [0.15, 0.2) is 0 Å². The number of aliphatic hydroxyl groups is 1. The van der Waals surface area contributed by atoms with Gasteiger partial charge in [-0.05, 0) is 49.9 Å². The van der Waals surface area contributed by atoms with Gasteiger partial charge in [-0.2, -0.15) is 5.26 Å². The van der Waals surface area contributed by atoms with E-state index in [0.29, 0.717) is 11.3 Å². The van der Waals surface area contributed by atoms with Crippen LogP contribution in [0.1, 0.15) is 85.0 Å². The third-order valence-electron chi connectivity index (χ3n) is 6.10. The Morgan fingerprint density at radius 1 is 0.950 bits per heavy atom. The molecule has 2 rings (SSSR count). The van der Waals surface area contributed by atoms with E-state index in [4.69, 9.17) is 0 Å². The molecule has 20 heavy (non-hydrogen) atoms. The van der Waals surface area contributed by atoms with Gasteiger partial charge in [0.05, 0.1) is 17.1 Å². The monoisotopic (exact) mass is 277 g/mol. The summed E-state index contributed by atoms with van der Waals surface area (Å²) in [7, 11) is 0. The average molecular weight is 277 g/mol. The highest BCUT2D eigenvalue weighted by molar-refractivity contribution is 5.13. The highest BCUT2D eigenvalue weighted by atomic mass is 16.3. The highest BCUT2D eigenvalue weighted by Gasteiger charge is 2.52. The lowest BCUT2D eigenvalue weighted by molar-refractivity contribution is -0.105. The molecule has 0 atom stereocenters. The van der Waals surface area contributed by atoms with Crippen LogP contribution in [-0.2, 0) is 0 Å². The van der Waals surface area contributed by atoms with Crippen molar-refractivity contribution in [2.24, 2.45) is 16.7 Å². The maximum absolute atomic E-state index is 11.2. The molecule has 0 saturated heterocycles. The van der Waals surface area contributed by atoms with E-state index < -0.39 is 11.0 Å². The Morgan fingerprint density at radius 3 is 1.85 bits per heavy atom. The second-order valence-corrected chi connectivity index (χ2v) is 8.28. The Morgan fingerprint density at radius 2 is 1.45 bits per heavy atom. The van der Waals surface area contributed by atoms with Gasteiger partial charge in [-0.25, -0.2) is 0 Å². The minimum Gasteiger partial charge on any atom is -0.388 e. The summed E-state index contributed by atoms with van der Waals surface area (Å²) in [5.41, 5.74) is -0.870. The van der Waals surface area contributed by atoms with Gasteiger partial charge in [0.2, 0.25) is 0 Å². The molecule has 0 spiro atoms. The average Bonchev–Trinajstić information content (AvgIpc) is 2.64. The van der Waals surface area contributed by atoms with Gasteiger partial charge in [0, 0.05) is 0 Å². The SMILES string of the molecule is CC(C)(C)C1CCC(O)(C2(C#N)CCCCCC2)CC1. The van der Waals surface area contributed by atoms with Gasteiger partial charge < -0.3 is 5.11 Å². The first kappa shape index (κ1) is 15.8. The maximum Gasteiger partial charge on any atom is 0.0860 e. The maximum atomic E-state index is 11.2. The van der Waals surface area contributed by atoms with Crippen LogP contribution in [0, 0.1) is 28.1 Å². The summed E-state index contributed by atoms with van der Waals surface area (Å²) in [6, 6.07) is 2.57. The van der Waals surface area contributed by atoms with Crippen LogP contribution in [0.5, 0.6) is 0 Å². The third-order valence-corrected chi connectivity index (χ3v) is 6.10. The number of hydrogen-bond donors (Lipinski definition) is 1. The lowest BCUT2D eigenvalue weighted by Gasteiger charge is -2.48. The van der Waals surface area contributed by atoms with E-state index in [-0.39, 0.29) is 0 Å². The Bertz CT molecular complexity index is 358. The molecule has 2 fully saturated rings. The Labute approximate surface area is 124 Å². The molecule has 0 aromatic heterocycles. The molecule has 0 bridgehead atoms. The fraction of sp³-hybridized carbons (Fsp3) is 0.944. The molecule has 2 nitrogen and oxygen atoms in total. The van der Waals surface area contributed by atoms with Crippen molar-refractivity contribution < 1.29 is 5.11 Å². The Kier molecular flexibility index (Phi) is 4.50. The lowest BCUT2D eigenvalue weighted by Crippen LogP contribution is -2.50. The molecule has 0 heterocycles. The summed E-state index contributed by atoms with van der Waals surface area (Å²) < 4.78 is 0. The smallest absolute Gasteiger partial charge is 0.0860 e. The highest BCUT2D eigenvalue weighted by Crippen LogP contribution is 2.52. The number of nitrogens with zero attached hydrogens (tertiary/aromatic N) is 1. The molecular formula is C18H31NO. The van der Waals surface area contributed by atoms with Crippen molar-refractivity contribution >= 4 is 0 Å². The molecule has 1 N–H and O–H groups in total. The summed E-state index contributed by atoms with van der Waals surface area (Å²) in [6.07, 6.45) is 10.3. The first-order valence-corrected chi connectivity index (χ1v) is 8.47. The van der Waals surface area contributed by atoms with Gasteiger partial charge in [-0.3, -0.25) is 0 Å². The van der Waals surface area contributed by atoms with E-state index in [0.717, 1.165) is 51.4 Å². The van der Waals surface area contributed by atoms with Gasteiger partial charge in [-0.15, -0.1) is 0 Å².